The SMILES string of the molecule is FC(F)=C(F)CCSc1nncs1. The number of halogens is 3. The summed E-state index contributed by atoms with van der Waals surface area (Å²) in [6.45, 7) is 0. The third-order valence-corrected chi connectivity index (χ3v) is 2.95. The molecule has 0 bridgehead atoms. The first-order valence-corrected chi connectivity index (χ1v) is 5.15. The molecule has 2 nitrogen and oxygen atoms in total. The highest BCUT2D eigenvalue weighted by Crippen LogP contribution is 2.23. The van der Waals surface area contributed by atoms with Crippen LogP contribution in [0.1, 0.15) is 6.42 Å². The Labute approximate surface area is 80.9 Å². The van der Waals surface area contributed by atoms with E-state index in [1.807, 2.05) is 0 Å². The summed E-state index contributed by atoms with van der Waals surface area (Å²) in [4.78, 5) is 0. The van der Waals surface area contributed by atoms with E-state index in [1.165, 1.54) is 28.6 Å². The Kier molecular flexibility index (Phi) is 4.23. The lowest BCUT2D eigenvalue weighted by molar-refractivity contribution is 0.373. The van der Waals surface area contributed by atoms with E-state index in [0.29, 0.717) is 4.34 Å². The molecule has 0 aromatic carbocycles. The van der Waals surface area contributed by atoms with Crippen LogP contribution >= 0.6 is 23.1 Å². The summed E-state index contributed by atoms with van der Waals surface area (Å²) in [5.74, 6) is -1.10. The van der Waals surface area contributed by atoms with Gasteiger partial charge in [-0.25, -0.2) is 4.39 Å². The molecule has 0 aliphatic heterocycles. The number of aromatic nitrogens is 2. The van der Waals surface area contributed by atoms with Crippen LogP contribution in [-0.4, -0.2) is 16.0 Å². The van der Waals surface area contributed by atoms with E-state index < -0.39 is 11.9 Å². The van der Waals surface area contributed by atoms with Crippen LogP contribution in [0.2, 0.25) is 0 Å². The van der Waals surface area contributed by atoms with Crippen molar-refractivity contribution < 1.29 is 13.2 Å². The van der Waals surface area contributed by atoms with Gasteiger partial charge in [0.05, 0.1) is 0 Å². The molecule has 0 spiro atoms. The van der Waals surface area contributed by atoms with Crippen molar-refractivity contribution in [3.8, 4) is 0 Å². The van der Waals surface area contributed by atoms with Crippen molar-refractivity contribution in [2.24, 2.45) is 0 Å². The van der Waals surface area contributed by atoms with Crippen molar-refractivity contribution in [1.29, 1.82) is 0 Å². The number of hydrogen-bond acceptors (Lipinski definition) is 4. The number of hydrogen-bond donors (Lipinski definition) is 0. The van der Waals surface area contributed by atoms with Crippen LogP contribution in [0.25, 0.3) is 0 Å². The molecule has 0 saturated carbocycles. The fraction of sp³-hybridized carbons (Fsp3) is 0.333. The van der Waals surface area contributed by atoms with Gasteiger partial charge in [0, 0.05) is 12.2 Å². The predicted octanol–water partition coefficient (Wildman–Crippen LogP) is 3.10. The summed E-state index contributed by atoms with van der Waals surface area (Å²) in [5, 5.41) is 7.21. The van der Waals surface area contributed by atoms with Crippen LogP contribution in [0.3, 0.4) is 0 Å². The van der Waals surface area contributed by atoms with Crippen LogP contribution in [-0.2, 0) is 0 Å². The predicted molar refractivity (Wildman–Crippen MR) is 45.6 cm³/mol. The molecule has 72 valence electrons. The molecule has 1 rings (SSSR count). The van der Waals surface area contributed by atoms with Crippen molar-refractivity contribution in [2.45, 2.75) is 10.8 Å². The molecule has 7 heteroatoms. The third-order valence-electron chi connectivity index (χ3n) is 1.09. The van der Waals surface area contributed by atoms with E-state index in [9.17, 15) is 13.2 Å². The highest BCUT2D eigenvalue weighted by molar-refractivity contribution is 8.00. The minimum atomic E-state index is -2.24. The highest BCUT2D eigenvalue weighted by atomic mass is 32.2. The van der Waals surface area contributed by atoms with Crippen LogP contribution in [0, 0.1) is 0 Å². The zero-order valence-electron chi connectivity index (χ0n) is 6.34. The summed E-state index contributed by atoms with van der Waals surface area (Å²) in [6.07, 6.45) is -2.51. The molecule has 1 aromatic heterocycles. The smallest absolute Gasteiger partial charge is 0.206 e. The summed E-state index contributed by atoms with van der Waals surface area (Å²) in [5.41, 5.74) is 1.53. The highest BCUT2D eigenvalue weighted by Gasteiger charge is 2.05. The molecule has 0 radical (unpaired) electrons. The minimum Gasteiger partial charge on any atom is -0.206 e. The van der Waals surface area contributed by atoms with Crippen molar-refractivity contribution in [2.75, 3.05) is 5.75 Å². The monoisotopic (exact) mass is 226 g/mol. The minimum absolute atomic E-state index is 0.248. The Morgan fingerprint density at radius 1 is 1.46 bits per heavy atom. The molecule has 1 aromatic rings. The molecule has 0 N–H and O–H groups in total. The van der Waals surface area contributed by atoms with Gasteiger partial charge < -0.3 is 0 Å². The Morgan fingerprint density at radius 3 is 2.77 bits per heavy atom. The first-order chi connectivity index (χ1) is 6.20. The van der Waals surface area contributed by atoms with E-state index in [0.717, 1.165) is 0 Å². The second-order valence-corrected chi connectivity index (χ2v) is 4.14. The Hall–Kier alpha value is -0.560. The molecule has 0 aliphatic rings. The lowest BCUT2D eigenvalue weighted by Crippen LogP contribution is -1.82. The van der Waals surface area contributed by atoms with E-state index >= 15 is 0 Å². The Morgan fingerprint density at radius 2 is 2.23 bits per heavy atom. The average Bonchev–Trinajstić information content (AvgIpc) is 2.56. The number of allylic oxidation sites excluding steroid dienone is 1. The van der Waals surface area contributed by atoms with Crippen LogP contribution in [0.4, 0.5) is 13.2 Å². The molecule has 0 saturated heterocycles. The maximum atomic E-state index is 12.2. The van der Waals surface area contributed by atoms with E-state index in [4.69, 9.17) is 0 Å². The first kappa shape index (κ1) is 10.5. The van der Waals surface area contributed by atoms with Crippen molar-refractivity contribution in [3.63, 3.8) is 0 Å². The molecule has 0 amide bonds. The number of rotatable bonds is 4. The maximum Gasteiger partial charge on any atom is 0.301 e. The molecule has 0 atom stereocenters. The second-order valence-electron chi connectivity index (χ2n) is 1.97. The van der Waals surface area contributed by atoms with Gasteiger partial charge in [-0.1, -0.05) is 23.1 Å². The third kappa shape index (κ3) is 3.77. The quantitative estimate of drug-likeness (QED) is 0.738. The number of thioether (sulfide) groups is 1. The summed E-state index contributed by atoms with van der Waals surface area (Å²) >= 11 is 2.51. The lowest BCUT2D eigenvalue weighted by atomic mass is 10.4. The molecule has 0 unspecified atom stereocenters. The normalized spacial score (nSPS) is 10.1. The molecular formula is C6H5F3N2S2. The molecular weight excluding hydrogens is 221 g/mol. The number of nitrogens with zero attached hydrogens (tertiary/aromatic N) is 2. The van der Waals surface area contributed by atoms with Crippen LogP contribution < -0.4 is 0 Å². The van der Waals surface area contributed by atoms with Crippen molar-refractivity contribution in [1.82, 2.24) is 10.2 Å². The zero-order valence-corrected chi connectivity index (χ0v) is 7.97. The van der Waals surface area contributed by atoms with Gasteiger partial charge in [-0.15, -0.1) is 10.2 Å². The summed E-state index contributed by atoms with van der Waals surface area (Å²) < 4.78 is 36.0. The Bertz CT molecular complexity index is 282. The van der Waals surface area contributed by atoms with Gasteiger partial charge in [0.25, 0.3) is 0 Å². The van der Waals surface area contributed by atoms with Crippen LogP contribution in [0.5, 0.6) is 0 Å². The molecule has 1 heterocycles. The van der Waals surface area contributed by atoms with Gasteiger partial charge in [0.2, 0.25) is 0 Å². The van der Waals surface area contributed by atoms with Crippen LogP contribution in [0.15, 0.2) is 21.8 Å². The van der Waals surface area contributed by atoms with Gasteiger partial charge in [0.1, 0.15) is 5.51 Å². The first-order valence-electron chi connectivity index (χ1n) is 3.28. The van der Waals surface area contributed by atoms with Crippen molar-refractivity contribution >= 4 is 23.1 Å². The molecule has 0 fully saturated rings. The largest absolute Gasteiger partial charge is 0.301 e. The summed E-state index contributed by atoms with van der Waals surface area (Å²) in [6, 6.07) is 0. The summed E-state index contributed by atoms with van der Waals surface area (Å²) in [7, 11) is 0. The van der Waals surface area contributed by atoms with Gasteiger partial charge in [-0.2, -0.15) is 8.78 Å². The van der Waals surface area contributed by atoms with Gasteiger partial charge in [0.15, 0.2) is 10.2 Å². The fourth-order valence-electron chi connectivity index (χ4n) is 0.548. The van der Waals surface area contributed by atoms with Gasteiger partial charge in [-0.3, -0.25) is 0 Å². The van der Waals surface area contributed by atoms with E-state index in [2.05, 4.69) is 10.2 Å². The topological polar surface area (TPSA) is 25.8 Å². The van der Waals surface area contributed by atoms with E-state index in [-0.39, 0.29) is 12.2 Å². The van der Waals surface area contributed by atoms with E-state index in [1.54, 1.807) is 0 Å². The maximum absolute atomic E-state index is 12.2. The zero-order chi connectivity index (χ0) is 9.68. The molecule has 0 aliphatic carbocycles. The van der Waals surface area contributed by atoms with Gasteiger partial charge >= 0.3 is 6.08 Å². The standard InChI is InChI=1S/C6H5F3N2S2/c7-4(5(8)9)1-2-12-6-11-10-3-13-6/h3H,1-2H2. The van der Waals surface area contributed by atoms with Crippen molar-refractivity contribution in [3.05, 3.63) is 17.4 Å². The second kappa shape index (κ2) is 5.23. The Balaban J connectivity index is 2.26. The molecule has 13 heavy (non-hydrogen) atoms. The van der Waals surface area contributed by atoms with Gasteiger partial charge in [-0.05, 0) is 0 Å². The fourth-order valence-corrected chi connectivity index (χ4v) is 2.04. The average molecular weight is 226 g/mol. The lowest BCUT2D eigenvalue weighted by Gasteiger charge is -1.93.